The van der Waals surface area contributed by atoms with Crippen molar-refractivity contribution in [2.24, 2.45) is 11.5 Å². The van der Waals surface area contributed by atoms with Gasteiger partial charge in [0.15, 0.2) is 0 Å². The summed E-state index contributed by atoms with van der Waals surface area (Å²) in [5, 5.41) is 14.9. The highest BCUT2D eigenvalue weighted by atomic mass is 32.1. The fourth-order valence-electron chi connectivity index (χ4n) is 0.316. The molecule has 0 unspecified atom stereocenters. The molecule has 0 heterocycles. The van der Waals surface area contributed by atoms with Crippen LogP contribution in [0.3, 0.4) is 0 Å². The average Bonchev–Trinajstić information content (AvgIpc) is 2.19. The summed E-state index contributed by atoms with van der Waals surface area (Å²) in [5.74, 6) is 0. The second-order valence-corrected chi connectivity index (χ2v) is 3.71. The zero-order chi connectivity index (χ0) is 15.4. The van der Waals surface area contributed by atoms with Crippen molar-refractivity contribution < 1.29 is 19.8 Å². The number of nitrogens with two attached hydrogens (primary N) is 2. The van der Waals surface area contributed by atoms with E-state index < -0.39 is 10.5 Å². The van der Waals surface area contributed by atoms with Gasteiger partial charge in [0.25, 0.3) is 10.5 Å². The Morgan fingerprint density at radius 3 is 1.06 bits per heavy atom. The Morgan fingerprint density at radius 1 is 0.889 bits per heavy atom. The van der Waals surface area contributed by atoms with Crippen molar-refractivity contribution in [2.45, 2.75) is 39.5 Å². The van der Waals surface area contributed by atoms with Crippen molar-refractivity contribution in [1.82, 2.24) is 0 Å². The maximum Gasteiger partial charge on any atom is 0.273 e. The van der Waals surface area contributed by atoms with E-state index in [0.717, 1.165) is 25.7 Å². The molecule has 0 atom stereocenters. The summed E-state index contributed by atoms with van der Waals surface area (Å²) < 4.78 is 0. The van der Waals surface area contributed by atoms with Gasteiger partial charge in [0.1, 0.15) is 0 Å². The topological polar surface area (TPSA) is 127 Å². The van der Waals surface area contributed by atoms with Gasteiger partial charge >= 0.3 is 0 Å². The van der Waals surface area contributed by atoms with Crippen LogP contribution in [0.15, 0.2) is 0 Å². The first-order valence-electron chi connectivity index (χ1n) is 5.48. The van der Waals surface area contributed by atoms with Crippen LogP contribution in [-0.2, 0) is 0 Å². The summed E-state index contributed by atoms with van der Waals surface area (Å²) in [6.07, 6.45) is 4.08. The number of primary amides is 2. The van der Waals surface area contributed by atoms with Crippen LogP contribution in [0, 0.1) is 0 Å². The molecule has 0 saturated carbocycles. The number of carbonyl (C=O) groups excluding carboxylic acids is 2. The van der Waals surface area contributed by atoms with Crippen LogP contribution in [0.4, 0.5) is 9.59 Å². The van der Waals surface area contributed by atoms with E-state index in [-0.39, 0.29) is 0 Å². The Morgan fingerprint density at radius 2 is 1.06 bits per heavy atom. The van der Waals surface area contributed by atoms with Gasteiger partial charge in [0.2, 0.25) is 0 Å². The average molecular weight is 302 g/mol. The molecule has 112 valence electrons. The quantitative estimate of drug-likeness (QED) is 0.440. The molecule has 0 fully saturated rings. The Bertz CT molecular complexity index is 142. The molecule has 0 aliphatic carbocycles. The highest BCUT2D eigenvalue weighted by Crippen LogP contribution is 1.79. The van der Waals surface area contributed by atoms with E-state index in [4.69, 9.17) is 19.8 Å². The molecule has 18 heavy (non-hydrogen) atoms. The summed E-state index contributed by atoms with van der Waals surface area (Å²) in [6, 6.07) is 0. The number of hydrogen-bond acceptors (Lipinski definition) is 4. The Kier molecular flexibility index (Phi) is 43.7. The summed E-state index contributed by atoms with van der Waals surface area (Å²) in [5.41, 5.74) is 8.67. The van der Waals surface area contributed by atoms with Crippen molar-refractivity contribution in [1.29, 1.82) is 0 Å². The lowest BCUT2D eigenvalue weighted by molar-refractivity contribution is 0.266. The summed E-state index contributed by atoms with van der Waals surface area (Å²) in [4.78, 5) is 18.2. The molecule has 0 aliphatic heterocycles. The van der Waals surface area contributed by atoms with E-state index in [9.17, 15) is 0 Å². The van der Waals surface area contributed by atoms with E-state index >= 15 is 0 Å². The van der Waals surface area contributed by atoms with Gasteiger partial charge in [-0.15, -0.1) is 0 Å². The fourth-order valence-corrected chi connectivity index (χ4v) is 0.316. The smallest absolute Gasteiger partial charge is 0.273 e. The van der Waals surface area contributed by atoms with Gasteiger partial charge < -0.3 is 21.7 Å². The summed E-state index contributed by atoms with van der Waals surface area (Å²) in [7, 11) is 0. The van der Waals surface area contributed by atoms with E-state index in [0.29, 0.717) is 13.2 Å². The standard InChI is InChI=1S/2C4H10O.2CH3NOS/c2*1-2-3-4-5;2*2-1(3)4/h2*5H,2-4H2,1H3;2*(H3,2,3,4). The van der Waals surface area contributed by atoms with E-state index in [1.807, 2.05) is 0 Å². The largest absolute Gasteiger partial charge is 0.396 e. The molecule has 0 aromatic heterocycles. The van der Waals surface area contributed by atoms with Crippen LogP contribution in [0.25, 0.3) is 0 Å². The summed E-state index contributed by atoms with van der Waals surface area (Å²) in [6.45, 7) is 4.79. The molecule has 0 aliphatic rings. The minimum Gasteiger partial charge on any atom is -0.396 e. The summed E-state index contributed by atoms with van der Waals surface area (Å²) >= 11 is 6.21. The first kappa shape index (κ1) is 26.2. The van der Waals surface area contributed by atoms with Crippen LogP contribution >= 0.6 is 25.3 Å². The van der Waals surface area contributed by atoms with Gasteiger partial charge in [0.05, 0.1) is 0 Å². The van der Waals surface area contributed by atoms with Crippen LogP contribution in [0.1, 0.15) is 39.5 Å². The number of thiol groups is 2. The third-order valence-electron chi connectivity index (χ3n) is 1.02. The number of rotatable bonds is 4. The van der Waals surface area contributed by atoms with Crippen molar-refractivity contribution in [3.05, 3.63) is 0 Å². The second kappa shape index (κ2) is 30.0. The molecular formula is C10H26N2O4S2. The molecular weight excluding hydrogens is 276 g/mol. The van der Waals surface area contributed by atoms with Gasteiger partial charge in [0, 0.05) is 13.2 Å². The minimum absolute atomic E-state index is 0.344. The van der Waals surface area contributed by atoms with Crippen LogP contribution in [0.2, 0.25) is 0 Å². The minimum atomic E-state index is -0.639. The Balaban J connectivity index is -0.0000000731. The second-order valence-electron chi connectivity index (χ2n) is 2.83. The molecule has 6 N–H and O–H groups in total. The zero-order valence-corrected chi connectivity index (χ0v) is 12.8. The van der Waals surface area contributed by atoms with Gasteiger partial charge in [-0.05, 0) is 12.8 Å². The lowest BCUT2D eigenvalue weighted by atomic mass is 10.4. The molecule has 0 bridgehead atoms. The number of amides is 2. The SMILES string of the molecule is CCCCO.CCCCO.NC(=O)S.NC(=O)S. The van der Waals surface area contributed by atoms with Crippen molar-refractivity contribution in [3.63, 3.8) is 0 Å². The monoisotopic (exact) mass is 302 g/mol. The molecule has 0 aromatic rings. The highest BCUT2D eigenvalue weighted by molar-refractivity contribution is 7.96. The molecule has 0 saturated heterocycles. The zero-order valence-electron chi connectivity index (χ0n) is 11.0. The normalized spacial score (nSPS) is 7.44. The molecule has 2 amide bonds. The van der Waals surface area contributed by atoms with Gasteiger partial charge in [-0.1, -0.05) is 51.9 Å². The molecule has 0 rings (SSSR count). The van der Waals surface area contributed by atoms with E-state index in [1.54, 1.807) is 0 Å². The molecule has 0 spiro atoms. The lowest BCUT2D eigenvalue weighted by Gasteiger charge is -1.79. The lowest BCUT2D eigenvalue weighted by Crippen LogP contribution is -1.95. The fraction of sp³-hybridized carbons (Fsp3) is 0.800. The van der Waals surface area contributed by atoms with E-state index in [1.165, 1.54) is 0 Å². The number of aliphatic hydroxyl groups excluding tert-OH is 2. The highest BCUT2D eigenvalue weighted by Gasteiger charge is 1.69. The van der Waals surface area contributed by atoms with Gasteiger partial charge in [-0.25, -0.2) is 0 Å². The molecule has 0 radical (unpaired) electrons. The third kappa shape index (κ3) is 260. The maximum absolute atomic E-state index is 9.09. The van der Waals surface area contributed by atoms with Crippen LogP contribution < -0.4 is 11.5 Å². The van der Waals surface area contributed by atoms with Crippen molar-refractivity contribution in [2.75, 3.05) is 13.2 Å². The predicted molar refractivity (Wildman–Crippen MR) is 81.1 cm³/mol. The Hall–Kier alpha value is -0.440. The first-order chi connectivity index (χ1) is 8.29. The molecule has 0 aromatic carbocycles. The number of aliphatic hydroxyl groups is 2. The van der Waals surface area contributed by atoms with Crippen molar-refractivity contribution in [3.8, 4) is 0 Å². The van der Waals surface area contributed by atoms with E-state index in [2.05, 4.69) is 50.6 Å². The maximum atomic E-state index is 9.09. The number of hydrogen-bond donors (Lipinski definition) is 6. The predicted octanol–water partition coefficient (Wildman–Crippen LogP) is 1.55. The molecule has 8 heteroatoms. The van der Waals surface area contributed by atoms with Gasteiger partial charge in [-0.2, -0.15) is 0 Å². The molecule has 6 nitrogen and oxygen atoms in total. The number of carbonyl (C=O) groups is 2. The third-order valence-corrected chi connectivity index (χ3v) is 1.02. The number of unbranched alkanes of at least 4 members (excludes halogenated alkanes) is 2. The van der Waals surface area contributed by atoms with Crippen LogP contribution in [0.5, 0.6) is 0 Å². The van der Waals surface area contributed by atoms with Crippen molar-refractivity contribution >= 4 is 35.7 Å². The van der Waals surface area contributed by atoms with Gasteiger partial charge in [-0.3, -0.25) is 9.59 Å². The first-order valence-corrected chi connectivity index (χ1v) is 6.37. The Labute approximate surface area is 120 Å². The van der Waals surface area contributed by atoms with Crippen LogP contribution in [-0.4, -0.2) is 33.9 Å².